The predicted octanol–water partition coefficient (Wildman–Crippen LogP) is 3.82. The molecular weight excluding hydrogens is 326 g/mol. The molecule has 0 heterocycles. The van der Waals surface area contributed by atoms with Crippen LogP contribution in [0.1, 0.15) is 19.4 Å². The van der Waals surface area contributed by atoms with Gasteiger partial charge in [0.05, 0.1) is 11.6 Å². The molecule has 6 heteroatoms. The molecular formula is C18H16ClN3O2. The molecule has 2 N–H and O–H groups in total. The average Bonchev–Trinajstić information content (AvgIpc) is 2.54. The Balaban J connectivity index is 2.11. The molecule has 0 fully saturated rings. The lowest BCUT2D eigenvalue weighted by molar-refractivity contribution is -0.135. The third-order valence-corrected chi connectivity index (χ3v) is 3.70. The molecule has 24 heavy (non-hydrogen) atoms. The van der Waals surface area contributed by atoms with Crippen molar-refractivity contribution >= 4 is 34.8 Å². The summed E-state index contributed by atoms with van der Waals surface area (Å²) in [6.45, 7) is 3.05. The number of anilines is 2. The Morgan fingerprint density at radius 3 is 2.08 bits per heavy atom. The van der Waals surface area contributed by atoms with E-state index < -0.39 is 17.2 Å². The highest BCUT2D eigenvalue weighted by Crippen LogP contribution is 2.23. The molecule has 0 aliphatic rings. The minimum Gasteiger partial charge on any atom is -0.325 e. The van der Waals surface area contributed by atoms with Gasteiger partial charge in [0.2, 0.25) is 11.8 Å². The Morgan fingerprint density at radius 2 is 1.54 bits per heavy atom. The van der Waals surface area contributed by atoms with Gasteiger partial charge in [-0.05, 0) is 50.2 Å². The van der Waals surface area contributed by atoms with E-state index >= 15 is 0 Å². The highest BCUT2D eigenvalue weighted by atomic mass is 35.5. The maximum atomic E-state index is 12.5. The topological polar surface area (TPSA) is 82.0 Å². The van der Waals surface area contributed by atoms with Gasteiger partial charge in [0.15, 0.2) is 0 Å². The summed E-state index contributed by atoms with van der Waals surface area (Å²) in [5.74, 6) is -0.934. The van der Waals surface area contributed by atoms with Crippen molar-refractivity contribution in [2.45, 2.75) is 13.8 Å². The van der Waals surface area contributed by atoms with Crippen LogP contribution in [0.3, 0.4) is 0 Å². The SMILES string of the molecule is CC(C)(C(=O)Nc1cccc(Cl)c1)C(=O)Nc1cccc(C#N)c1. The molecule has 0 atom stereocenters. The van der Waals surface area contributed by atoms with Gasteiger partial charge in [0.25, 0.3) is 0 Å². The molecule has 0 saturated carbocycles. The minimum atomic E-state index is -1.31. The summed E-state index contributed by atoms with van der Waals surface area (Å²) in [5.41, 5.74) is 0.0850. The van der Waals surface area contributed by atoms with E-state index in [9.17, 15) is 9.59 Å². The third-order valence-electron chi connectivity index (χ3n) is 3.47. The van der Waals surface area contributed by atoms with E-state index in [0.29, 0.717) is 22.0 Å². The van der Waals surface area contributed by atoms with Crippen LogP contribution in [0.2, 0.25) is 5.02 Å². The van der Waals surface area contributed by atoms with Crippen LogP contribution in [-0.2, 0) is 9.59 Å². The van der Waals surface area contributed by atoms with Crippen molar-refractivity contribution in [1.29, 1.82) is 5.26 Å². The molecule has 0 aromatic heterocycles. The summed E-state index contributed by atoms with van der Waals surface area (Å²) in [7, 11) is 0. The quantitative estimate of drug-likeness (QED) is 0.829. The molecule has 0 aliphatic carbocycles. The second kappa shape index (κ2) is 7.16. The highest BCUT2D eigenvalue weighted by Gasteiger charge is 2.36. The van der Waals surface area contributed by atoms with Gasteiger partial charge < -0.3 is 10.6 Å². The number of halogens is 1. The Morgan fingerprint density at radius 1 is 1.00 bits per heavy atom. The Labute approximate surface area is 145 Å². The van der Waals surface area contributed by atoms with Gasteiger partial charge in [-0.1, -0.05) is 23.7 Å². The molecule has 0 aliphatic heterocycles. The van der Waals surface area contributed by atoms with E-state index in [4.69, 9.17) is 16.9 Å². The van der Waals surface area contributed by atoms with E-state index in [2.05, 4.69) is 10.6 Å². The number of carbonyl (C=O) groups excluding carboxylic acids is 2. The van der Waals surface area contributed by atoms with Crippen LogP contribution in [0.4, 0.5) is 11.4 Å². The maximum Gasteiger partial charge on any atom is 0.239 e. The van der Waals surface area contributed by atoms with Crippen molar-refractivity contribution in [2.75, 3.05) is 10.6 Å². The molecule has 122 valence electrons. The van der Waals surface area contributed by atoms with E-state index in [-0.39, 0.29) is 0 Å². The fraction of sp³-hybridized carbons (Fsp3) is 0.167. The lowest BCUT2D eigenvalue weighted by Crippen LogP contribution is -2.41. The minimum absolute atomic E-state index is 0.425. The first-order chi connectivity index (χ1) is 11.3. The van der Waals surface area contributed by atoms with Crippen molar-refractivity contribution in [3.05, 3.63) is 59.1 Å². The summed E-state index contributed by atoms with van der Waals surface area (Å²) in [5, 5.41) is 14.7. The summed E-state index contributed by atoms with van der Waals surface area (Å²) in [6.07, 6.45) is 0. The number of nitriles is 1. The van der Waals surface area contributed by atoms with Crippen LogP contribution in [0.15, 0.2) is 48.5 Å². The molecule has 0 spiro atoms. The van der Waals surface area contributed by atoms with Crippen LogP contribution in [0.5, 0.6) is 0 Å². The van der Waals surface area contributed by atoms with Crippen LogP contribution < -0.4 is 10.6 Å². The summed E-state index contributed by atoms with van der Waals surface area (Å²) in [4.78, 5) is 24.9. The summed E-state index contributed by atoms with van der Waals surface area (Å²) in [6, 6.07) is 15.2. The largest absolute Gasteiger partial charge is 0.325 e. The van der Waals surface area contributed by atoms with Gasteiger partial charge in [-0.3, -0.25) is 9.59 Å². The van der Waals surface area contributed by atoms with Gasteiger partial charge in [-0.15, -0.1) is 0 Å². The zero-order valence-corrected chi connectivity index (χ0v) is 14.0. The second-order valence-electron chi connectivity index (χ2n) is 5.74. The molecule has 2 amide bonds. The zero-order chi connectivity index (χ0) is 17.7. The molecule has 2 rings (SSSR count). The number of nitrogens with zero attached hydrogens (tertiary/aromatic N) is 1. The van der Waals surface area contributed by atoms with Crippen molar-refractivity contribution in [1.82, 2.24) is 0 Å². The zero-order valence-electron chi connectivity index (χ0n) is 13.3. The highest BCUT2D eigenvalue weighted by molar-refractivity contribution is 6.31. The first-order valence-corrected chi connectivity index (χ1v) is 7.59. The lowest BCUT2D eigenvalue weighted by atomic mass is 9.90. The van der Waals surface area contributed by atoms with Gasteiger partial charge in [0.1, 0.15) is 5.41 Å². The van der Waals surface area contributed by atoms with E-state index in [0.717, 1.165) is 0 Å². The van der Waals surface area contributed by atoms with Crippen LogP contribution in [0, 0.1) is 16.7 Å². The van der Waals surface area contributed by atoms with E-state index in [1.807, 2.05) is 6.07 Å². The average molecular weight is 342 g/mol. The second-order valence-corrected chi connectivity index (χ2v) is 6.17. The molecule has 0 bridgehead atoms. The van der Waals surface area contributed by atoms with Crippen LogP contribution in [-0.4, -0.2) is 11.8 Å². The summed E-state index contributed by atoms with van der Waals surface area (Å²) < 4.78 is 0. The predicted molar refractivity (Wildman–Crippen MR) is 93.6 cm³/mol. The van der Waals surface area contributed by atoms with Crippen LogP contribution in [0.25, 0.3) is 0 Å². The first kappa shape index (κ1) is 17.5. The molecule has 0 unspecified atom stereocenters. The van der Waals surface area contributed by atoms with E-state index in [1.165, 1.54) is 13.8 Å². The third kappa shape index (κ3) is 4.12. The van der Waals surface area contributed by atoms with Crippen molar-refractivity contribution in [2.24, 2.45) is 5.41 Å². The van der Waals surface area contributed by atoms with Gasteiger partial charge in [0, 0.05) is 16.4 Å². The molecule has 2 aromatic rings. The number of rotatable bonds is 4. The van der Waals surface area contributed by atoms with Gasteiger partial charge in [-0.25, -0.2) is 0 Å². The fourth-order valence-electron chi connectivity index (χ4n) is 1.91. The molecule has 5 nitrogen and oxygen atoms in total. The number of amides is 2. The summed E-state index contributed by atoms with van der Waals surface area (Å²) >= 11 is 5.88. The number of benzene rings is 2. The monoisotopic (exact) mass is 341 g/mol. The smallest absolute Gasteiger partial charge is 0.239 e. The van der Waals surface area contributed by atoms with Crippen molar-refractivity contribution in [3.8, 4) is 6.07 Å². The molecule has 0 saturated heterocycles. The maximum absolute atomic E-state index is 12.5. The van der Waals surface area contributed by atoms with Crippen molar-refractivity contribution < 1.29 is 9.59 Å². The van der Waals surface area contributed by atoms with E-state index in [1.54, 1.807) is 48.5 Å². The number of hydrogen-bond acceptors (Lipinski definition) is 3. The Kier molecular flexibility index (Phi) is 5.22. The molecule has 0 radical (unpaired) electrons. The first-order valence-electron chi connectivity index (χ1n) is 7.21. The lowest BCUT2D eigenvalue weighted by Gasteiger charge is -2.22. The Hall–Kier alpha value is -2.84. The standard InChI is InChI=1S/C18H16ClN3O2/c1-18(2,17(24)22-15-8-4-6-13(19)10-15)16(23)21-14-7-3-5-12(9-14)11-20/h3-10H,1-2H3,(H,21,23)(H,22,24). The fourth-order valence-corrected chi connectivity index (χ4v) is 2.10. The molecule has 2 aromatic carbocycles. The van der Waals surface area contributed by atoms with Gasteiger partial charge in [-0.2, -0.15) is 5.26 Å². The van der Waals surface area contributed by atoms with Crippen LogP contribution >= 0.6 is 11.6 Å². The number of hydrogen-bond donors (Lipinski definition) is 2. The normalized spacial score (nSPS) is 10.6. The number of carbonyl (C=O) groups is 2. The van der Waals surface area contributed by atoms with Crippen molar-refractivity contribution in [3.63, 3.8) is 0 Å². The van der Waals surface area contributed by atoms with Gasteiger partial charge >= 0.3 is 0 Å². The Bertz CT molecular complexity index is 825. The number of nitrogens with one attached hydrogen (secondary N) is 2.